The first kappa shape index (κ1) is 12.5. The Hall–Kier alpha value is -1.58. The van der Waals surface area contributed by atoms with E-state index in [1.807, 2.05) is 6.92 Å². The van der Waals surface area contributed by atoms with Crippen molar-refractivity contribution in [2.75, 3.05) is 19.9 Å². The summed E-state index contributed by atoms with van der Waals surface area (Å²) in [6.45, 7) is 1.96. The first-order chi connectivity index (χ1) is 7.81. The zero-order valence-electron chi connectivity index (χ0n) is 9.24. The Balaban J connectivity index is 2.78. The Bertz CT molecular complexity index is 339. The van der Waals surface area contributed by atoms with Crippen molar-refractivity contribution in [1.29, 1.82) is 0 Å². The van der Waals surface area contributed by atoms with Gasteiger partial charge in [0, 0.05) is 6.07 Å². The zero-order valence-corrected chi connectivity index (χ0v) is 9.24. The second-order valence-corrected chi connectivity index (χ2v) is 3.20. The Labute approximate surface area is 94.2 Å². The van der Waals surface area contributed by atoms with Gasteiger partial charge in [0.05, 0.1) is 12.2 Å². The van der Waals surface area contributed by atoms with Crippen LogP contribution in [-0.2, 0) is 0 Å². The smallest absolute Gasteiger partial charge is 0.153 e. The van der Waals surface area contributed by atoms with Gasteiger partial charge < -0.3 is 9.47 Å². The molecule has 1 rings (SSSR count). The number of carbonyl (C=O) groups excluding carboxylic acids is 1. The van der Waals surface area contributed by atoms with Crippen molar-refractivity contribution in [1.82, 2.24) is 0 Å². The molecule has 1 aromatic carbocycles. The Morgan fingerprint density at radius 3 is 2.75 bits per heavy atom. The number of halogens is 1. The van der Waals surface area contributed by atoms with Crippen LogP contribution in [0.5, 0.6) is 11.5 Å². The van der Waals surface area contributed by atoms with Crippen LogP contribution in [-0.4, -0.2) is 26.2 Å². The van der Waals surface area contributed by atoms with E-state index in [1.165, 1.54) is 0 Å². The molecule has 0 bridgehead atoms. The highest BCUT2D eigenvalue weighted by molar-refractivity contribution is 5.79. The average Bonchev–Trinajstić information content (AvgIpc) is 2.33. The largest absolute Gasteiger partial charge is 0.493 e. The van der Waals surface area contributed by atoms with Crippen LogP contribution in [0.25, 0.3) is 0 Å². The molecule has 0 spiro atoms. The highest BCUT2D eigenvalue weighted by atomic mass is 19.1. The third-order valence-electron chi connectivity index (χ3n) is 1.92. The van der Waals surface area contributed by atoms with Crippen LogP contribution < -0.4 is 9.47 Å². The lowest BCUT2D eigenvalue weighted by molar-refractivity contribution is 0.111. The van der Waals surface area contributed by atoms with E-state index in [0.717, 1.165) is 6.42 Å². The van der Waals surface area contributed by atoms with Crippen LogP contribution >= 0.6 is 0 Å². The van der Waals surface area contributed by atoms with Gasteiger partial charge in [0.25, 0.3) is 0 Å². The van der Waals surface area contributed by atoms with Crippen LogP contribution in [0.15, 0.2) is 18.2 Å². The van der Waals surface area contributed by atoms with Crippen molar-refractivity contribution in [3.05, 3.63) is 23.8 Å². The Morgan fingerprint density at radius 2 is 2.12 bits per heavy atom. The second kappa shape index (κ2) is 6.82. The molecule has 0 fully saturated rings. The summed E-state index contributed by atoms with van der Waals surface area (Å²) in [5, 5.41) is 0. The second-order valence-electron chi connectivity index (χ2n) is 3.20. The molecule has 0 radical (unpaired) electrons. The number of alkyl halides is 1. The highest BCUT2D eigenvalue weighted by Gasteiger charge is 2.05. The SMILES string of the molecule is CCCOc1ccc(C=O)c(OCCF)c1. The first-order valence-corrected chi connectivity index (χ1v) is 5.22. The van der Waals surface area contributed by atoms with Gasteiger partial charge in [0.1, 0.15) is 24.8 Å². The summed E-state index contributed by atoms with van der Waals surface area (Å²) in [6.07, 6.45) is 1.58. The summed E-state index contributed by atoms with van der Waals surface area (Å²) in [6, 6.07) is 4.91. The van der Waals surface area contributed by atoms with Crippen LogP contribution in [0.1, 0.15) is 23.7 Å². The predicted octanol–water partition coefficient (Wildman–Crippen LogP) is 2.64. The minimum Gasteiger partial charge on any atom is -0.493 e. The number of hydrogen-bond donors (Lipinski definition) is 0. The molecule has 0 saturated carbocycles. The van der Waals surface area contributed by atoms with E-state index < -0.39 is 6.67 Å². The van der Waals surface area contributed by atoms with Gasteiger partial charge in [0.2, 0.25) is 0 Å². The zero-order chi connectivity index (χ0) is 11.8. The van der Waals surface area contributed by atoms with Crippen LogP contribution in [0.3, 0.4) is 0 Å². The van der Waals surface area contributed by atoms with E-state index in [4.69, 9.17) is 9.47 Å². The van der Waals surface area contributed by atoms with Crippen molar-refractivity contribution in [3.63, 3.8) is 0 Å². The fourth-order valence-electron chi connectivity index (χ4n) is 1.20. The molecule has 0 atom stereocenters. The summed E-state index contributed by atoms with van der Waals surface area (Å²) < 4.78 is 22.5. The molecule has 0 aliphatic carbocycles. The lowest BCUT2D eigenvalue weighted by atomic mass is 10.2. The standard InChI is InChI=1S/C12H15FO3/c1-2-6-15-11-4-3-10(9-14)12(8-11)16-7-5-13/h3-4,8-9H,2,5-7H2,1H3. The molecule has 0 N–H and O–H groups in total. The van der Waals surface area contributed by atoms with Gasteiger partial charge in [-0.25, -0.2) is 4.39 Å². The highest BCUT2D eigenvalue weighted by Crippen LogP contribution is 2.23. The summed E-state index contributed by atoms with van der Waals surface area (Å²) in [5.74, 6) is 0.988. The average molecular weight is 226 g/mol. The van der Waals surface area contributed by atoms with Crippen molar-refractivity contribution in [2.45, 2.75) is 13.3 Å². The molecular weight excluding hydrogens is 211 g/mol. The van der Waals surface area contributed by atoms with E-state index in [-0.39, 0.29) is 6.61 Å². The molecule has 0 aliphatic heterocycles. The van der Waals surface area contributed by atoms with Gasteiger partial charge in [-0.15, -0.1) is 0 Å². The maximum atomic E-state index is 12.0. The van der Waals surface area contributed by atoms with Crippen molar-refractivity contribution in [3.8, 4) is 11.5 Å². The molecule has 3 nitrogen and oxygen atoms in total. The number of benzene rings is 1. The molecule has 0 saturated heterocycles. The molecule has 88 valence electrons. The lowest BCUT2D eigenvalue weighted by Gasteiger charge is -2.09. The van der Waals surface area contributed by atoms with Crippen LogP contribution in [0, 0.1) is 0 Å². The van der Waals surface area contributed by atoms with Gasteiger partial charge >= 0.3 is 0 Å². The molecule has 0 unspecified atom stereocenters. The van der Waals surface area contributed by atoms with E-state index >= 15 is 0 Å². The van der Waals surface area contributed by atoms with Crippen molar-refractivity contribution >= 4 is 6.29 Å². The van der Waals surface area contributed by atoms with Crippen molar-refractivity contribution < 1.29 is 18.7 Å². The third kappa shape index (κ3) is 3.53. The van der Waals surface area contributed by atoms with E-state index in [2.05, 4.69) is 0 Å². The first-order valence-electron chi connectivity index (χ1n) is 5.22. The van der Waals surface area contributed by atoms with Crippen molar-refractivity contribution in [2.24, 2.45) is 0 Å². The minimum atomic E-state index is -0.585. The summed E-state index contributed by atoms with van der Waals surface area (Å²) in [7, 11) is 0. The van der Waals surface area contributed by atoms with Gasteiger partial charge in [-0.1, -0.05) is 6.92 Å². The van der Waals surface area contributed by atoms with Crippen LogP contribution in [0.4, 0.5) is 4.39 Å². The quantitative estimate of drug-likeness (QED) is 0.670. The molecule has 0 amide bonds. The fraction of sp³-hybridized carbons (Fsp3) is 0.417. The summed E-state index contributed by atoms with van der Waals surface area (Å²) >= 11 is 0. The maximum Gasteiger partial charge on any atom is 0.153 e. The van der Waals surface area contributed by atoms with E-state index in [0.29, 0.717) is 30.0 Å². The molecule has 0 heterocycles. The Morgan fingerprint density at radius 1 is 1.31 bits per heavy atom. The maximum absolute atomic E-state index is 12.0. The van der Waals surface area contributed by atoms with Gasteiger partial charge in [-0.2, -0.15) is 0 Å². The van der Waals surface area contributed by atoms with Gasteiger partial charge in [-0.3, -0.25) is 4.79 Å². The fourth-order valence-corrected chi connectivity index (χ4v) is 1.20. The van der Waals surface area contributed by atoms with Gasteiger partial charge in [0.15, 0.2) is 6.29 Å². The van der Waals surface area contributed by atoms with Crippen LogP contribution in [0.2, 0.25) is 0 Å². The number of rotatable bonds is 7. The number of hydrogen-bond acceptors (Lipinski definition) is 3. The minimum absolute atomic E-state index is 0.0575. The lowest BCUT2D eigenvalue weighted by Crippen LogP contribution is -2.02. The monoisotopic (exact) mass is 226 g/mol. The summed E-state index contributed by atoms with van der Waals surface area (Å²) in [4.78, 5) is 10.7. The third-order valence-corrected chi connectivity index (χ3v) is 1.92. The van der Waals surface area contributed by atoms with Gasteiger partial charge in [-0.05, 0) is 18.6 Å². The topological polar surface area (TPSA) is 35.5 Å². The molecule has 0 aliphatic rings. The Kier molecular flexibility index (Phi) is 5.32. The molecule has 0 aromatic heterocycles. The van der Waals surface area contributed by atoms with E-state index in [1.54, 1.807) is 18.2 Å². The normalized spacial score (nSPS) is 9.88. The molecule has 16 heavy (non-hydrogen) atoms. The molecule has 4 heteroatoms. The number of ether oxygens (including phenoxy) is 2. The molecule has 1 aromatic rings. The molecular formula is C12H15FO3. The number of carbonyl (C=O) groups is 1. The number of aldehydes is 1. The summed E-state index contributed by atoms with van der Waals surface area (Å²) in [5.41, 5.74) is 0.400. The van der Waals surface area contributed by atoms with E-state index in [9.17, 15) is 9.18 Å². The predicted molar refractivity (Wildman–Crippen MR) is 59.1 cm³/mol.